The highest BCUT2D eigenvalue weighted by atomic mass is 35.5. The SMILES string of the molecule is CCC(CC)(CCl)NS(=O)(=O)c1c(C)nn(C)c1C. The van der Waals surface area contributed by atoms with E-state index in [1.165, 1.54) is 0 Å². The average Bonchev–Trinajstić information content (AvgIpc) is 2.61. The van der Waals surface area contributed by atoms with Crippen molar-refractivity contribution >= 4 is 21.6 Å². The molecule has 0 amide bonds. The first-order valence-electron chi connectivity index (χ1n) is 6.33. The van der Waals surface area contributed by atoms with Crippen molar-refractivity contribution < 1.29 is 8.42 Å². The van der Waals surface area contributed by atoms with Gasteiger partial charge in [0, 0.05) is 18.5 Å². The molecule has 1 aromatic heterocycles. The van der Waals surface area contributed by atoms with E-state index >= 15 is 0 Å². The molecule has 0 radical (unpaired) electrons. The van der Waals surface area contributed by atoms with Crippen molar-refractivity contribution in [1.29, 1.82) is 0 Å². The zero-order chi connectivity index (χ0) is 14.8. The summed E-state index contributed by atoms with van der Waals surface area (Å²) in [6, 6.07) is 0. The number of rotatable bonds is 6. The van der Waals surface area contributed by atoms with Gasteiger partial charge in [-0.1, -0.05) is 13.8 Å². The van der Waals surface area contributed by atoms with Crippen molar-refractivity contribution in [3.05, 3.63) is 11.4 Å². The summed E-state index contributed by atoms with van der Waals surface area (Å²) in [5.41, 5.74) is 0.526. The molecule has 0 aliphatic heterocycles. The first-order valence-corrected chi connectivity index (χ1v) is 8.35. The molecule has 0 aliphatic rings. The molecule has 0 fully saturated rings. The van der Waals surface area contributed by atoms with E-state index in [0.29, 0.717) is 24.2 Å². The van der Waals surface area contributed by atoms with E-state index in [1.807, 2.05) is 13.8 Å². The van der Waals surface area contributed by atoms with Gasteiger partial charge in [-0.3, -0.25) is 4.68 Å². The predicted molar refractivity (Wildman–Crippen MR) is 77.0 cm³/mol. The first kappa shape index (κ1) is 16.5. The van der Waals surface area contributed by atoms with Crippen LogP contribution in [0.15, 0.2) is 4.90 Å². The van der Waals surface area contributed by atoms with Crippen LogP contribution >= 0.6 is 11.6 Å². The third-order valence-corrected chi connectivity index (χ3v) is 6.01. The van der Waals surface area contributed by atoms with Crippen LogP contribution < -0.4 is 4.72 Å². The van der Waals surface area contributed by atoms with Crippen LogP contribution in [0, 0.1) is 13.8 Å². The standard InChI is InChI=1S/C12H22ClN3O2S/c1-6-12(7-2,8-13)15-19(17,18)11-9(3)14-16(5)10(11)4/h15H,6-8H2,1-5H3. The van der Waals surface area contributed by atoms with Crippen molar-refractivity contribution in [2.75, 3.05) is 5.88 Å². The van der Waals surface area contributed by atoms with Crippen molar-refractivity contribution in [3.8, 4) is 0 Å². The second-order valence-electron chi connectivity index (χ2n) is 4.85. The molecule has 0 saturated heterocycles. The van der Waals surface area contributed by atoms with Crippen LogP contribution in [0.2, 0.25) is 0 Å². The predicted octanol–water partition coefficient (Wildman–Crippen LogP) is 2.11. The quantitative estimate of drug-likeness (QED) is 0.819. The molecule has 19 heavy (non-hydrogen) atoms. The highest BCUT2D eigenvalue weighted by Crippen LogP contribution is 2.24. The van der Waals surface area contributed by atoms with Crippen molar-refractivity contribution in [1.82, 2.24) is 14.5 Å². The van der Waals surface area contributed by atoms with Gasteiger partial charge in [0.15, 0.2) is 0 Å². The summed E-state index contributed by atoms with van der Waals surface area (Å²) < 4.78 is 29.4. The number of nitrogens with one attached hydrogen (secondary N) is 1. The van der Waals surface area contributed by atoms with Crippen LogP contribution in [-0.2, 0) is 17.1 Å². The fraction of sp³-hybridized carbons (Fsp3) is 0.750. The fourth-order valence-corrected chi connectivity index (χ4v) is 4.60. The molecule has 1 rings (SSSR count). The smallest absolute Gasteiger partial charge is 0.244 e. The first-order chi connectivity index (χ1) is 8.73. The summed E-state index contributed by atoms with van der Waals surface area (Å²) >= 11 is 5.96. The van der Waals surface area contributed by atoms with Gasteiger partial charge in [0.2, 0.25) is 10.0 Å². The lowest BCUT2D eigenvalue weighted by Crippen LogP contribution is -2.49. The number of hydrogen-bond donors (Lipinski definition) is 1. The van der Waals surface area contributed by atoms with Gasteiger partial charge < -0.3 is 0 Å². The second kappa shape index (κ2) is 5.81. The summed E-state index contributed by atoms with van der Waals surface area (Å²) in [4.78, 5) is 0.256. The molecule has 1 aromatic rings. The highest BCUT2D eigenvalue weighted by Gasteiger charge is 2.34. The van der Waals surface area contributed by atoms with Crippen molar-refractivity contribution in [2.24, 2.45) is 7.05 Å². The van der Waals surface area contributed by atoms with Crippen molar-refractivity contribution in [3.63, 3.8) is 0 Å². The fourth-order valence-electron chi connectivity index (χ4n) is 2.09. The Labute approximate surface area is 120 Å². The maximum absolute atomic E-state index is 12.6. The zero-order valence-corrected chi connectivity index (χ0v) is 13.7. The second-order valence-corrected chi connectivity index (χ2v) is 6.74. The van der Waals surface area contributed by atoms with Gasteiger partial charge >= 0.3 is 0 Å². The van der Waals surface area contributed by atoms with E-state index in [4.69, 9.17) is 11.6 Å². The normalized spacial score (nSPS) is 12.9. The van der Waals surface area contributed by atoms with E-state index < -0.39 is 15.6 Å². The van der Waals surface area contributed by atoms with Crippen LogP contribution in [0.5, 0.6) is 0 Å². The Bertz CT molecular complexity index is 539. The summed E-state index contributed by atoms with van der Waals surface area (Å²) in [6.45, 7) is 7.30. The molecule has 0 saturated carbocycles. The zero-order valence-electron chi connectivity index (χ0n) is 12.1. The van der Waals surface area contributed by atoms with Gasteiger partial charge in [0.05, 0.1) is 11.4 Å². The molecule has 5 nitrogen and oxygen atoms in total. The summed E-state index contributed by atoms with van der Waals surface area (Å²) in [6.07, 6.45) is 1.29. The Morgan fingerprint density at radius 1 is 1.32 bits per heavy atom. The molecule has 0 unspecified atom stereocenters. The maximum atomic E-state index is 12.6. The lowest BCUT2D eigenvalue weighted by Gasteiger charge is -2.30. The minimum atomic E-state index is -3.61. The van der Waals surface area contributed by atoms with E-state index in [9.17, 15) is 8.42 Å². The van der Waals surface area contributed by atoms with Crippen LogP contribution in [0.4, 0.5) is 0 Å². The van der Waals surface area contributed by atoms with Gasteiger partial charge in [-0.2, -0.15) is 5.10 Å². The number of alkyl halides is 1. The molecule has 0 aliphatic carbocycles. The van der Waals surface area contributed by atoms with Crippen molar-refractivity contribution in [2.45, 2.75) is 51.0 Å². The van der Waals surface area contributed by atoms with E-state index in [0.717, 1.165) is 0 Å². The molecule has 0 atom stereocenters. The van der Waals surface area contributed by atoms with Gasteiger partial charge in [0.25, 0.3) is 0 Å². The average molecular weight is 308 g/mol. The Kier molecular flexibility index (Phi) is 5.03. The van der Waals surface area contributed by atoms with Crippen LogP contribution in [-0.4, -0.2) is 29.6 Å². The molecule has 1 heterocycles. The van der Waals surface area contributed by atoms with Gasteiger partial charge in [0.1, 0.15) is 4.90 Å². The van der Waals surface area contributed by atoms with Gasteiger partial charge in [-0.15, -0.1) is 11.6 Å². The van der Waals surface area contributed by atoms with E-state index in [1.54, 1.807) is 25.6 Å². The molecule has 110 valence electrons. The number of sulfonamides is 1. The van der Waals surface area contributed by atoms with Crippen LogP contribution in [0.1, 0.15) is 38.1 Å². The largest absolute Gasteiger partial charge is 0.271 e. The number of halogens is 1. The minimum absolute atomic E-state index is 0.248. The molecule has 0 bridgehead atoms. The molecule has 7 heteroatoms. The molecular formula is C12H22ClN3O2S. The number of aromatic nitrogens is 2. The lowest BCUT2D eigenvalue weighted by atomic mass is 9.97. The molecule has 0 aromatic carbocycles. The monoisotopic (exact) mass is 307 g/mol. The molecule has 0 spiro atoms. The third kappa shape index (κ3) is 3.12. The van der Waals surface area contributed by atoms with Crippen LogP contribution in [0.3, 0.4) is 0 Å². The van der Waals surface area contributed by atoms with Gasteiger partial charge in [-0.25, -0.2) is 13.1 Å². The lowest BCUT2D eigenvalue weighted by molar-refractivity contribution is 0.393. The van der Waals surface area contributed by atoms with Crippen LogP contribution in [0.25, 0.3) is 0 Å². The Morgan fingerprint density at radius 3 is 2.16 bits per heavy atom. The highest BCUT2D eigenvalue weighted by molar-refractivity contribution is 7.89. The Balaban J connectivity index is 3.25. The molecule has 1 N–H and O–H groups in total. The van der Waals surface area contributed by atoms with E-state index in [-0.39, 0.29) is 10.8 Å². The van der Waals surface area contributed by atoms with E-state index in [2.05, 4.69) is 9.82 Å². The molecular weight excluding hydrogens is 286 g/mol. The number of aryl methyl sites for hydroxylation is 2. The minimum Gasteiger partial charge on any atom is -0.271 e. The number of hydrogen-bond acceptors (Lipinski definition) is 3. The maximum Gasteiger partial charge on any atom is 0.244 e. The summed E-state index contributed by atoms with van der Waals surface area (Å²) in [5, 5.41) is 4.15. The summed E-state index contributed by atoms with van der Waals surface area (Å²) in [5.74, 6) is 0.248. The Morgan fingerprint density at radius 2 is 1.84 bits per heavy atom. The number of nitrogens with zero attached hydrogens (tertiary/aromatic N) is 2. The Hall–Kier alpha value is -0.590. The van der Waals surface area contributed by atoms with Gasteiger partial charge in [-0.05, 0) is 26.7 Å². The topological polar surface area (TPSA) is 64.0 Å². The summed E-state index contributed by atoms with van der Waals surface area (Å²) in [7, 11) is -1.88. The third-order valence-electron chi connectivity index (χ3n) is 3.67.